The molecule has 0 bridgehead atoms. The Balaban J connectivity index is 2.26. The van der Waals surface area contributed by atoms with Crippen molar-refractivity contribution in [1.82, 2.24) is 10.2 Å². The summed E-state index contributed by atoms with van der Waals surface area (Å²) in [7, 11) is 1.42. The van der Waals surface area contributed by atoms with Crippen LogP contribution in [-0.4, -0.2) is 48.3 Å². The molecule has 1 aromatic rings. The van der Waals surface area contributed by atoms with Gasteiger partial charge in [0.05, 0.1) is 11.1 Å². The maximum atomic E-state index is 12.5. The van der Waals surface area contributed by atoms with Gasteiger partial charge in [-0.1, -0.05) is 26.0 Å². The molecule has 0 spiro atoms. The fourth-order valence-corrected chi connectivity index (χ4v) is 2.55. The zero-order chi connectivity index (χ0) is 17.9. The summed E-state index contributed by atoms with van der Waals surface area (Å²) in [5.74, 6) is -2.21. The molecule has 1 aliphatic heterocycles. The Bertz CT molecular complexity index is 648. The second kappa shape index (κ2) is 7.25. The van der Waals surface area contributed by atoms with Crippen molar-refractivity contribution in [2.24, 2.45) is 5.92 Å². The Morgan fingerprint density at radius 2 is 1.67 bits per heavy atom. The molecule has 1 aliphatic rings. The highest BCUT2D eigenvalue weighted by Gasteiger charge is 2.43. The highest BCUT2D eigenvalue weighted by atomic mass is 16.5. The van der Waals surface area contributed by atoms with Crippen LogP contribution in [0.5, 0.6) is 0 Å². The van der Waals surface area contributed by atoms with Crippen LogP contribution in [0.4, 0.5) is 0 Å². The summed E-state index contributed by atoms with van der Waals surface area (Å²) >= 11 is 0. The Morgan fingerprint density at radius 1 is 1.12 bits per heavy atom. The van der Waals surface area contributed by atoms with Crippen LogP contribution in [0.1, 0.15) is 41.0 Å². The molecule has 2 rings (SSSR count). The standard InChI is InChI=1S/C17H20N2O5/c1-10(2)8-13(17(23)24-9-14(20)18-3)19-15(21)11-6-4-5-7-12(11)16(19)22/h4-7,10,13H,8-9H2,1-3H3,(H,18,20)/t13-/m0/s1. The zero-order valence-electron chi connectivity index (χ0n) is 13.9. The molecule has 3 amide bonds. The lowest BCUT2D eigenvalue weighted by molar-refractivity contribution is -0.152. The van der Waals surface area contributed by atoms with Gasteiger partial charge in [-0.2, -0.15) is 0 Å². The van der Waals surface area contributed by atoms with Crippen LogP contribution in [-0.2, 0) is 14.3 Å². The number of benzene rings is 1. The minimum atomic E-state index is -1.05. The largest absolute Gasteiger partial charge is 0.454 e. The fraction of sp³-hybridized carbons (Fsp3) is 0.412. The summed E-state index contributed by atoms with van der Waals surface area (Å²) in [6.45, 7) is 3.29. The van der Waals surface area contributed by atoms with Crippen molar-refractivity contribution in [2.45, 2.75) is 26.3 Å². The number of ether oxygens (including phenoxy) is 1. The van der Waals surface area contributed by atoms with Gasteiger partial charge in [0.25, 0.3) is 17.7 Å². The Kier molecular flexibility index (Phi) is 5.33. The summed E-state index contributed by atoms with van der Waals surface area (Å²) < 4.78 is 4.97. The van der Waals surface area contributed by atoms with Crippen LogP contribution in [0.3, 0.4) is 0 Å². The molecule has 1 N–H and O–H groups in total. The van der Waals surface area contributed by atoms with Gasteiger partial charge in [-0.05, 0) is 24.5 Å². The molecule has 7 nitrogen and oxygen atoms in total. The van der Waals surface area contributed by atoms with Crippen molar-refractivity contribution in [3.63, 3.8) is 0 Å². The second-order valence-corrected chi connectivity index (χ2v) is 5.95. The quantitative estimate of drug-likeness (QED) is 0.619. The first-order chi connectivity index (χ1) is 11.4. The van der Waals surface area contributed by atoms with Crippen LogP contribution >= 0.6 is 0 Å². The highest BCUT2D eigenvalue weighted by Crippen LogP contribution is 2.27. The zero-order valence-corrected chi connectivity index (χ0v) is 13.9. The van der Waals surface area contributed by atoms with Crippen LogP contribution in [0.25, 0.3) is 0 Å². The Hall–Kier alpha value is -2.70. The molecule has 1 aromatic carbocycles. The summed E-state index contributed by atoms with van der Waals surface area (Å²) in [6, 6.07) is 5.38. The van der Waals surface area contributed by atoms with Gasteiger partial charge in [0.1, 0.15) is 6.04 Å². The van der Waals surface area contributed by atoms with E-state index in [-0.39, 0.29) is 23.5 Å². The summed E-state index contributed by atoms with van der Waals surface area (Å²) in [6.07, 6.45) is 0.262. The number of imide groups is 1. The molecule has 0 unspecified atom stereocenters. The minimum absolute atomic E-state index is 0.0480. The van der Waals surface area contributed by atoms with E-state index in [0.717, 1.165) is 4.90 Å². The first-order valence-corrected chi connectivity index (χ1v) is 7.71. The lowest BCUT2D eigenvalue weighted by Crippen LogP contribution is -2.47. The maximum Gasteiger partial charge on any atom is 0.329 e. The molecule has 7 heteroatoms. The molecule has 24 heavy (non-hydrogen) atoms. The summed E-state index contributed by atoms with van der Waals surface area (Å²) in [5, 5.41) is 2.34. The van der Waals surface area contributed by atoms with E-state index < -0.39 is 36.3 Å². The van der Waals surface area contributed by atoms with Crippen LogP contribution in [0.2, 0.25) is 0 Å². The number of hydrogen-bond acceptors (Lipinski definition) is 5. The molecule has 0 saturated carbocycles. The lowest BCUT2D eigenvalue weighted by atomic mass is 10.0. The van der Waals surface area contributed by atoms with E-state index >= 15 is 0 Å². The number of carbonyl (C=O) groups is 4. The van der Waals surface area contributed by atoms with E-state index in [2.05, 4.69) is 5.32 Å². The van der Waals surface area contributed by atoms with Gasteiger partial charge in [0, 0.05) is 7.05 Å². The van der Waals surface area contributed by atoms with Gasteiger partial charge in [-0.15, -0.1) is 0 Å². The van der Waals surface area contributed by atoms with Gasteiger partial charge in [0.2, 0.25) is 0 Å². The number of likely N-dealkylation sites (N-methyl/N-ethyl adjacent to an activating group) is 1. The molecular weight excluding hydrogens is 312 g/mol. The Labute approximate surface area is 140 Å². The number of esters is 1. The topological polar surface area (TPSA) is 92.8 Å². The number of amides is 3. The van der Waals surface area contributed by atoms with E-state index in [1.807, 2.05) is 13.8 Å². The van der Waals surface area contributed by atoms with Crippen LogP contribution in [0.15, 0.2) is 24.3 Å². The fourth-order valence-electron chi connectivity index (χ4n) is 2.55. The van der Waals surface area contributed by atoms with E-state index in [4.69, 9.17) is 4.74 Å². The molecule has 0 aromatic heterocycles. The average molecular weight is 332 g/mol. The van der Waals surface area contributed by atoms with E-state index in [9.17, 15) is 19.2 Å². The predicted molar refractivity (Wildman–Crippen MR) is 85.2 cm³/mol. The summed E-state index contributed by atoms with van der Waals surface area (Å²) in [4.78, 5) is 49.7. The molecule has 0 radical (unpaired) electrons. The van der Waals surface area contributed by atoms with Gasteiger partial charge in [0.15, 0.2) is 6.61 Å². The van der Waals surface area contributed by atoms with Crippen LogP contribution in [0, 0.1) is 5.92 Å². The second-order valence-electron chi connectivity index (χ2n) is 5.95. The van der Waals surface area contributed by atoms with E-state index in [1.165, 1.54) is 7.05 Å². The van der Waals surface area contributed by atoms with Gasteiger partial charge in [-0.3, -0.25) is 19.3 Å². The first-order valence-electron chi connectivity index (χ1n) is 7.71. The average Bonchev–Trinajstić information content (AvgIpc) is 2.81. The molecule has 1 heterocycles. The smallest absolute Gasteiger partial charge is 0.329 e. The third-order valence-electron chi connectivity index (χ3n) is 3.73. The van der Waals surface area contributed by atoms with Crippen molar-refractivity contribution >= 4 is 23.7 Å². The van der Waals surface area contributed by atoms with E-state index in [1.54, 1.807) is 24.3 Å². The van der Waals surface area contributed by atoms with Gasteiger partial charge < -0.3 is 10.1 Å². The monoisotopic (exact) mass is 332 g/mol. The number of rotatable bonds is 6. The van der Waals surface area contributed by atoms with Crippen molar-refractivity contribution in [2.75, 3.05) is 13.7 Å². The van der Waals surface area contributed by atoms with Gasteiger partial charge >= 0.3 is 5.97 Å². The molecule has 128 valence electrons. The number of hydrogen-bond donors (Lipinski definition) is 1. The van der Waals surface area contributed by atoms with E-state index in [0.29, 0.717) is 0 Å². The molecule has 1 atom stereocenters. The number of nitrogens with zero attached hydrogens (tertiary/aromatic N) is 1. The third kappa shape index (κ3) is 3.45. The minimum Gasteiger partial charge on any atom is -0.454 e. The van der Waals surface area contributed by atoms with Crippen molar-refractivity contribution in [1.29, 1.82) is 0 Å². The third-order valence-corrected chi connectivity index (χ3v) is 3.73. The molecule has 0 aliphatic carbocycles. The van der Waals surface area contributed by atoms with Crippen molar-refractivity contribution in [3.8, 4) is 0 Å². The number of nitrogens with one attached hydrogen (secondary N) is 1. The van der Waals surface area contributed by atoms with Gasteiger partial charge in [-0.25, -0.2) is 4.79 Å². The first kappa shape index (κ1) is 17.7. The van der Waals surface area contributed by atoms with Crippen molar-refractivity contribution in [3.05, 3.63) is 35.4 Å². The highest BCUT2D eigenvalue weighted by molar-refractivity contribution is 6.22. The summed E-state index contributed by atoms with van der Waals surface area (Å²) in [5.41, 5.74) is 0.547. The number of carbonyl (C=O) groups excluding carboxylic acids is 4. The SMILES string of the molecule is CNC(=O)COC(=O)[C@H](CC(C)C)N1C(=O)c2ccccc2C1=O. The molecule has 0 fully saturated rings. The molecular formula is C17H20N2O5. The van der Waals surface area contributed by atoms with Crippen LogP contribution < -0.4 is 5.32 Å². The normalized spacial score (nSPS) is 14.6. The molecule has 0 saturated heterocycles. The van der Waals surface area contributed by atoms with Crippen molar-refractivity contribution < 1.29 is 23.9 Å². The maximum absolute atomic E-state index is 12.5. The predicted octanol–water partition coefficient (Wildman–Crippen LogP) is 0.986. The number of fused-ring (bicyclic) bond motifs is 1. The Morgan fingerprint density at radius 3 is 2.12 bits per heavy atom. The lowest BCUT2D eigenvalue weighted by Gasteiger charge is -2.25.